The second-order valence-electron chi connectivity index (χ2n) is 6.43. The van der Waals surface area contributed by atoms with Crippen molar-refractivity contribution in [2.24, 2.45) is 0 Å². The fraction of sp³-hybridized carbons (Fsp3) is 0.389. The average molecular weight is 411 g/mol. The van der Waals surface area contributed by atoms with Crippen molar-refractivity contribution in [3.05, 3.63) is 36.0 Å². The van der Waals surface area contributed by atoms with Crippen LogP contribution in [0.4, 0.5) is 30.6 Å². The lowest BCUT2D eigenvalue weighted by Crippen LogP contribution is -2.37. The Hall–Kier alpha value is -3.08. The molecule has 0 radical (unpaired) electrons. The second kappa shape index (κ2) is 8.52. The number of rotatable bonds is 5. The van der Waals surface area contributed by atoms with Gasteiger partial charge in [-0.2, -0.15) is 4.98 Å². The molecule has 3 rings (SSSR count). The van der Waals surface area contributed by atoms with Crippen molar-refractivity contribution in [2.75, 3.05) is 55.5 Å². The lowest BCUT2D eigenvalue weighted by Gasteiger charge is -2.28. The first-order valence-corrected chi connectivity index (χ1v) is 8.77. The molecule has 8 nitrogen and oxygen atoms in total. The summed E-state index contributed by atoms with van der Waals surface area (Å²) in [6.07, 6.45) is -3.36. The van der Waals surface area contributed by atoms with Crippen molar-refractivity contribution in [2.45, 2.75) is 6.36 Å². The largest absolute Gasteiger partial charge is 0.573 e. The Balaban J connectivity index is 1.80. The summed E-state index contributed by atoms with van der Waals surface area (Å²) in [4.78, 5) is 25.0. The summed E-state index contributed by atoms with van der Waals surface area (Å²) in [5, 5.41) is 2.64. The number of benzene rings is 1. The van der Waals surface area contributed by atoms with Gasteiger partial charge in [0.15, 0.2) is 5.82 Å². The van der Waals surface area contributed by atoms with Gasteiger partial charge in [-0.15, -0.1) is 13.2 Å². The van der Waals surface area contributed by atoms with Crippen LogP contribution in [0.15, 0.2) is 30.5 Å². The molecule has 1 saturated heterocycles. The highest BCUT2D eigenvalue weighted by Gasteiger charge is 2.31. The number of anilines is 3. The Labute approximate surface area is 165 Å². The Morgan fingerprint density at radius 1 is 1.28 bits per heavy atom. The molecule has 0 bridgehead atoms. The number of amides is 1. The average Bonchev–Trinajstić information content (AvgIpc) is 2.67. The van der Waals surface area contributed by atoms with Gasteiger partial charge in [0.2, 0.25) is 5.95 Å². The van der Waals surface area contributed by atoms with Crippen LogP contribution in [0.1, 0.15) is 10.4 Å². The monoisotopic (exact) mass is 411 g/mol. The molecule has 29 heavy (non-hydrogen) atoms. The summed E-state index contributed by atoms with van der Waals surface area (Å²) in [5.41, 5.74) is 0.341. The number of alkyl halides is 3. The highest BCUT2D eigenvalue weighted by Crippen LogP contribution is 2.26. The van der Waals surface area contributed by atoms with Gasteiger partial charge >= 0.3 is 6.36 Å². The lowest BCUT2D eigenvalue weighted by atomic mass is 10.2. The second-order valence-corrected chi connectivity index (χ2v) is 6.43. The maximum absolute atomic E-state index is 12.5. The molecule has 1 aliphatic heterocycles. The van der Waals surface area contributed by atoms with E-state index in [1.807, 2.05) is 4.90 Å². The Morgan fingerprint density at radius 2 is 2.00 bits per heavy atom. The first kappa shape index (κ1) is 20.6. The van der Waals surface area contributed by atoms with Gasteiger partial charge in [0.1, 0.15) is 11.4 Å². The first-order chi connectivity index (χ1) is 13.7. The fourth-order valence-electron chi connectivity index (χ4n) is 2.74. The van der Waals surface area contributed by atoms with E-state index in [1.54, 1.807) is 19.0 Å². The molecule has 0 aliphatic carbocycles. The molecule has 156 valence electrons. The molecule has 1 aromatic carbocycles. The van der Waals surface area contributed by atoms with Gasteiger partial charge in [-0.1, -0.05) is 6.07 Å². The molecule has 2 aromatic rings. The highest BCUT2D eigenvalue weighted by atomic mass is 19.4. The summed E-state index contributed by atoms with van der Waals surface area (Å²) in [6, 6.07) is 4.83. The van der Waals surface area contributed by atoms with E-state index in [0.717, 1.165) is 12.1 Å². The molecule has 0 spiro atoms. The van der Waals surface area contributed by atoms with Gasteiger partial charge < -0.3 is 24.6 Å². The van der Waals surface area contributed by atoms with Crippen LogP contribution < -0.4 is 19.9 Å². The number of halogens is 3. The Bertz CT molecular complexity index is 870. The molecule has 2 heterocycles. The molecule has 1 N–H and O–H groups in total. The van der Waals surface area contributed by atoms with Crippen LogP contribution in [0.3, 0.4) is 0 Å². The number of carbonyl (C=O) groups excluding carboxylic acids is 1. The predicted molar refractivity (Wildman–Crippen MR) is 100 cm³/mol. The lowest BCUT2D eigenvalue weighted by molar-refractivity contribution is -0.274. The van der Waals surface area contributed by atoms with Crippen molar-refractivity contribution in [3.63, 3.8) is 0 Å². The zero-order valence-electron chi connectivity index (χ0n) is 15.9. The summed E-state index contributed by atoms with van der Waals surface area (Å²) in [6.45, 7) is 2.47. The molecule has 0 saturated carbocycles. The maximum atomic E-state index is 12.5. The van der Waals surface area contributed by atoms with E-state index < -0.39 is 18.0 Å². The predicted octanol–water partition coefficient (Wildman–Crippen LogP) is 2.53. The van der Waals surface area contributed by atoms with Gasteiger partial charge in [-0.3, -0.25) is 4.79 Å². The molecule has 11 heteroatoms. The number of nitrogens with one attached hydrogen (secondary N) is 1. The number of ether oxygens (including phenoxy) is 2. The molecule has 1 aliphatic rings. The smallest absolute Gasteiger partial charge is 0.406 e. The van der Waals surface area contributed by atoms with Crippen molar-refractivity contribution >= 4 is 23.4 Å². The summed E-state index contributed by atoms with van der Waals surface area (Å²) in [7, 11) is 3.53. The third-order valence-corrected chi connectivity index (χ3v) is 4.05. The van der Waals surface area contributed by atoms with Crippen LogP contribution in [0, 0.1) is 0 Å². The van der Waals surface area contributed by atoms with E-state index in [0.29, 0.717) is 43.8 Å². The number of hydrogen-bond donors (Lipinski definition) is 1. The Kier molecular flexibility index (Phi) is 6.06. The van der Waals surface area contributed by atoms with Gasteiger partial charge in [-0.05, 0) is 18.2 Å². The number of carbonyl (C=O) groups is 1. The number of morpholine rings is 1. The molecule has 0 unspecified atom stereocenters. The normalized spacial score (nSPS) is 14.4. The standard InChI is InChI=1S/C18H20F3N5O3/c1-25(2)15-14(11-22-17(24-15)26-6-8-28-9-7-26)23-16(27)12-4-3-5-13(10-12)29-18(19,20)21/h3-5,10-11H,6-9H2,1-2H3,(H,23,27). The summed E-state index contributed by atoms with van der Waals surface area (Å²) < 4.78 is 46.4. The minimum Gasteiger partial charge on any atom is -0.406 e. The zero-order chi connectivity index (χ0) is 21.0. The van der Waals surface area contributed by atoms with Crippen LogP contribution in [0.25, 0.3) is 0 Å². The van der Waals surface area contributed by atoms with Crippen LogP contribution in [0.5, 0.6) is 5.75 Å². The van der Waals surface area contributed by atoms with Gasteiger partial charge in [0.25, 0.3) is 5.91 Å². The van der Waals surface area contributed by atoms with Gasteiger partial charge in [-0.25, -0.2) is 4.98 Å². The Morgan fingerprint density at radius 3 is 2.66 bits per heavy atom. The van der Waals surface area contributed by atoms with Crippen LogP contribution in [-0.2, 0) is 4.74 Å². The van der Waals surface area contributed by atoms with Gasteiger partial charge in [0, 0.05) is 32.7 Å². The highest BCUT2D eigenvalue weighted by molar-refractivity contribution is 6.05. The molecule has 0 atom stereocenters. The molecule has 1 amide bonds. The third kappa shape index (κ3) is 5.47. The van der Waals surface area contributed by atoms with Crippen molar-refractivity contribution in [1.82, 2.24) is 9.97 Å². The van der Waals surface area contributed by atoms with Crippen molar-refractivity contribution < 1.29 is 27.4 Å². The van der Waals surface area contributed by atoms with Gasteiger partial charge in [0.05, 0.1) is 19.4 Å². The van der Waals surface area contributed by atoms with E-state index in [1.165, 1.54) is 18.3 Å². The molecule has 1 fully saturated rings. The third-order valence-electron chi connectivity index (χ3n) is 4.05. The maximum Gasteiger partial charge on any atom is 0.573 e. The quantitative estimate of drug-likeness (QED) is 0.810. The van der Waals surface area contributed by atoms with Crippen molar-refractivity contribution in [1.29, 1.82) is 0 Å². The topological polar surface area (TPSA) is 79.8 Å². The number of aromatic nitrogens is 2. The van der Waals surface area contributed by atoms with E-state index in [9.17, 15) is 18.0 Å². The molecular formula is C18H20F3N5O3. The molecule has 1 aromatic heterocycles. The molecular weight excluding hydrogens is 391 g/mol. The summed E-state index contributed by atoms with van der Waals surface area (Å²) in [5.74, 6) is -0.103. The van der Waals surface area contributed by atoms with E-state index in [2.05, 4.69) is 20.0 Å². The van der Waals surface area contributed by atoms with Crippen LogP contribution in [0.2, 0.25) is 0 Å². The van der Waals surface area contributed by atoms with Crippen LogP contribution in [-0.4, -0.2) is 62.6 Å². The zero-order valence-corrected chi connectivity index (χ0v) is 15.9. The minimum absolute atomic E-state index is 0.00807. The summed E-state index contributed by atoms with van der Waals surface area (Å²) >= 11 is 0. The van der Waals surface area contributed by atoms with E-state index >= 15 is 0 Å². The SMILES string of the molecule is CN(C)c1nc(N2CCOCC2)ncc1NC(=O)c1cccc(OC(F)(F)F)c1. The van der Waals surface area contributed by atoms with E-state index in [4.69, 9.17) is 4.74 Å². The van der Waals surface area contributed by atoms with E-state index in [-0.39, 0.29) is 5.56 Å². The fourth-order valence-corrected chi connectivity index (χ4v) is 2.74. The van der Waals surface area contributed by atoms with Crippen molar-refractivity contribution in [3.8, 4) is 5.75 Å². The minimum atomic E-state index is -4.84. The van der Waals surface area contributed by atoms with Crippen LogP contribution >= 0.6 is 0 Å². The number of hydrogen-bond acceptors (Lipinski definition) is 7. The first-order valence-electron chi connectivity index (χ1n) is 8.77. The number of nitrogens with zero attached hydrogens (tertiary/aromatic N) is 4.